The van der Waals surface area contributed by atoms with E-state index in [1.165, 1.54) is 0 Å². The summed E-state index contributed by atoms with van der Waals surface area (Å²) in [6.07, 6.45) is 0.479. The van der Waals surface area contributed by atoms with Crippen LogP contribution < -0.4 is 5.32 Å². The van der Waals surface area contributed by atoms with Gasteiger partial charge in [-0.15, -0.1) is 0 Å². The molecule has 0 aliphatic carbocycles. The van der Waals surface area contributed by atoms with Crippen LogP contribution in [0, 0.1) is 6.92 Å². The van der Waals surface area contributed by atoms with E-state index in [2.05, 4.69) is 5.32 Å². The number of carbonyl (C=O) groups is 1. The molecule has 1 fully saturated rings. The van der Waals surface area contributed by atoms with E-state index in [-0.39, 0.29) is 17.4 Å². The number of sulfone groups is 1. The Balaban J connectivity index is 2.16. The zero-order valence-electron chi connectivity index (χ0n) is 10.6. The van der Waals surface area contributed by atoms with Crippen LogP contribution >= 0.6 is 0 Å². The van der Waals surface area contributed by atoms with Gasteiger partial charge in [-0.25, -0.2) is 8.42 Å². The minimum absolute atomic E-state index is 0.0254. The van der Waals surface area contributed by atoms with Gasteiger partial charge in [-0.2, -0.15) is 0 Å². The molecule has 1 heterocycles. The zero-order chi connectivity index (χ0) is 13.4. The predicted octanol–water partition coefficient (Wildman–Crippen LogP) is 1.30. The summed E-state index contributed by atoms with van der Waals surface area (Å²) in [5.74, 6) is -0.0254. The second-order valence-electron chi connectivity index (χ2n) is 5.17. The highest BCUT2D eigenvalue weighted by molar-refractivity contribution is 7.91. The number of aryl methyl sites for hydroxylation is 1. The molecule has 1 aromatic carbocycles. The Hall–Kier alpha value is -1.36. The maximum Gasteiger partial charge on any atom is 0.251 e. The van der Waals surface area contributed by atoms with Crippen molar-refractivity contribution in [3.8, 4) is 0 Å². The second kappa shape index (κ2) is 4.39. The predicted molar refractivity (Wildman–Crippen MR) is 70.3 cm³/mol. The zero-order valence-corrected chi connectivity index (χ0v) is 11.4. The minimum atomic E-state index is -3.01. The average molecular weight is 267 g/mol. The lowest BCUT2D eigenvalue weighted by molar-refractivity contribution is 0.0915. The third-order valence-electron chi connectivity index (χ3n) is 3.31. The van der Waals surface area contributed by atoms with Crippen LogP contribution in [0.4, 0.5) is 0 Å². The number of nitrogens with one attached hydrogen (secondary N) is 1. The Bertz CT molecular complexity index is 580. The molecule has 1 amide bonds. The van der Waals surface area contributed by atoms with E-state index in [1.807, 2.05) is 19.1 Å². The molecule has 1 saturated heterocycles. The van der Waals surface area contributed by atoms with Gasteiger partial charge < -0.3 is 5.32 Å². The van der Waals surface area contributed by atoms with Gasteiger partial charge in [0, 0.05) is 5.56 Å². The standard InChI is InChI=1S/C13H17NO3S/c1-10-5-3-4-6-11(10)12(15)14-13(2)7-8-18(16,17)9-13/h3-6H,7-9H2,1-2H3,(H,14,15). The highest BCUT2D eigenvalue weighted by atomic mass is 32.2. The van der Waals surface area contributed by atoms with Crippen molar-refractivity contribution in [3.63, 3.8) is 0 Å². The maximum atomic E-state index is 12.1. The molecule has 1 N–H and O–H groups in total. The van der Waals surface area contributed by atoms with Crippen molar-refractivity contribution in [1.29, 1.82) is 0 Å². The van der Waals surface area contributed by atoms with Gasteiger partial charge >= 0.3 is 0 Å². The fourth-order valence-electron chi connectivity index (χ4n) is 2.28. The lowest BCUT2D eigenvalue weighted by atomic mass is 10.0. The third kappa shape index (κ3) is 2.72. The van der Waals surface area contributed by atoms with Crippen molar-refractivity contribution in [2.75, 3.05) is 11.5 Å². The van der Waals surface area contributed by atoms with Crippen LogP contribution in [0.5, 0.6) is 0 Å². The molecule has 4 nitrogen and oxygen atoms in total. The van der Waals surface area contributed by atoms with Crippen molar-refractivity contribution in [1.82, 2.24) is 5.32 Å². The lowest BCUT2D eigenvalue weighted by Gasteiger charge is -2.24. The fourth-order valence-corrected chi connectivity index (χ4v) is 4.37. The summed E-state index contributed by atoms with van der Waals surface area (Å²) in [5.41, 5.74) is 0.848. The molecule has 1 atom stereocenters. The van der Waals surface area contributed by atoms with Crippen LogP contribution in [0.15, 0.2) is 24.3 Å². The number of rotatable bonds is 2. The summed E-state index contributed by atoms with van der Waals surface area (Å²) in [6, 6.07) is 7.28. The van der Waals surface area contributed by atoms with Gasteiger partial charge in [0.05, 0.1) is 17.0 Å². The summed E-state index contributed by atoms with van der Waals surface area (Å²) in [4.78, 5) is 12.1. The molecular formula is C13H17NO3S. The van der Waals surface area contributed by atoms with E-state index in [0.717, 1.165) is 5.56 Å². The number of hydrogen-bond acceptors (Lipinski definition) is 3. The summed E-state index contributed by atoms with van der Waals surface area (Å²) >= 11 is 0. The second-order valence-corrected chi connectivity index (χ2v) is 7.36. The molecule has 1 aromatic rings. The molecule has 1 unspecified atom stereocenters. The van der Waals surface area contributed by atoms with Gasteiger partial charge in [0.25, 0.3) is 5.91 Å². The molecule has 1 aliphatic rings. The van der Waals surface area contributed by atoms with Crippen LogP contribution in [0.2, 0.25) is 0 Å². The van der Waals surface area contributed by atoms with E-state index >= 15 is 0 Å². The van der Waals surface area contributed by atoms with Gasteiger partial charge in [-0.05, 0) is 31.9 Å². The van der Waals surface area contributed by atoms with Crippen molar-refractivity contribution in [2.24, 2.45) is 0 Å². The van der Waals surface area contributed by atoms with E-state index in [9.17, 15) is 13.2 Å². The SMILES string of the molecule is Cc1ccccc1C(=O)NC1(C)CCS(=O)(=O)C1. The van der Waals surface area contributed by atoms with Crippen LogP contribution in [-0.4, -0.2) is 31.4 Å². The van der Waals surface area contributed by atoms with Crippen molar-refractivity contribution in [3.05, 3.63) is 35.4 Å². The van der Waals surface area contributed by atoms with Gasteiger partial charge in [-0.3, -0.25) is 4.79 Å². The van der Waals surface area contributed by atoms with Crippen molar-refractivity contribution in [2.45, 2.75) is 25.8 Å². The average Bonchev–Trinajstić information content (AvgIpc) is 2.53. The summed E-state index contributed by atoms with van der Waals surface area (Å²) in [7, 11) is -3.01. The first kappa shape index (κ1) is 13.1. The molecule has 2 rings (SSSR count). The lowest BCUT2D eigenvalue weighted by Crippen LogP contribution is -2.47. The fraction of sp³-hybridized carbons (Fsp3) is 0.462. The molecule has 0 saturated carbocycles. The maximum absolute atomic E-state index is 12.1. The van der Waals surface area contributed by atoms with Crippen LogP contribution in [0.1, 0.15) is 29.3 Å². The van der Waals surface area contributed by atoms with Gasteiger partial charge in [0.15, 0.2) is 9.84 Å². The van der Waals surface area contributed by atoms with Crippen molar-refractivity contribution < 1.29 is 13.2 Å². The Morgan fingerprint density at radius 3 is 2.56 bits per heavy atom. The van der Waals surface area contributed by atoms with E-state index < -0.39 is 15.4 Å². The van der Waals surface area contributed by atoms with E-state index in [0.29, 0.717) is 12.0 Å². The van der Waals surface area contributed by atoms with Gasteiger partial charge in [0.1, 0.15) is 0 Å². The van der Waals surface area contributed by atoms with Crippen LogP contribution in [-0.2, 0) is 9.84 Å². The third-order valence-corrected chi connectivity index (χ3v) is 5.21. The quantitative estimate of drug-likeness (QED) is 0.878. The smallest absolute Gasteiger partial charge is 0.251 e. The highest BCUT2D eigenvalue weighted by Crippen LogP contribution is 2.23. The van der Waals surface area contributed by atoms with E-state index in [1.54, 1.807) is 19.1 Å². The first-order valence-corrected chi connectivity index (χ1v) is 7.72. The number of benzene rings is 1. The van der Waals surface area contributed by atoms with Crippen LogP contribution in [0.3, 0.4) is 0 Å². The normalized spacial score (nSPS) is 25.9. The molecule has 0 radical (unpaired) electrons. The minimum Gasteiger partial charge on any atom is -0.346 e. The Labute approximate surface area is 107 Å². The molecule has 5 heteroatoms. The topological polar surface area (TPSA) is 63.2 Å². The summed E-state index contributed by atoms with van der Waals surface area (Å²) in [6.45, 7) is 3.65. The molecule has 18 heavy (non-hydrogen) atoms. The van der Waals surface area contributed by atoms with Gasteiger partial charge in [0.2, 0.25) is 0 Å². The number of amides is 1. The highest BCUT2D eigenvalue weighted by Gasteiger charge is 2.39. The molecule has 1 aliphatic heterocycles. The van der Waals surface area contributed by atoms with Gasteiger partial charge in [-0.1, -0.05) is 18.2 Å². The first-order chi connectivity index (χ1) is 8.31. The van der Waals surface area contributed by atoms with Crippen LogP contribution in [0.25, 0.3) is 0 Å². The molecule has 98 valence electrons. The summed E-state index contributed by atoms with van der Waals surface area (Å²) in [5, 5.41) is 2.85. The Morgan fingerprint density at radius 2 is 2.00 bits per heavy atom. The molecule has 0 bridgehead atoms. The first-order valence-electron chi connectivity index (χ1n) is 5.90. The van der Waals surface area contributed by atoms with E-state index in [4.69, 9.17) is 0 Å². The molecule has 0 aromatic heterocycles. The number of hydrogen-bond donors (Lipinski definition) is 1. The number of carbonyl (C=O) groups excluding carboxylic acids is 1. The molecule has 0 spiro atoms. The molecular weight excluding hydrogens is 250 g/mol. The Kier molecular flexibility index (Phi) is 3.19. The Morgan fingerprint density at radius 1 is 1.33 bits per heavy atom. The largest absolute Gasteiger partial charge is 0.346 e. The van der Waals surface area contributed by atoms with Crippen molar-refractivity contribution >= 4 is 15.7 Å². The monoisotopic (exact) mass is 267 g/mol. The summed E-state index contributed by atoms with van der Waals surface area (Å²) < 4.78 is 23.0.